The number of esters is 2. The maximum absolute atomic E-state index is 13.8. The van der Waals surface area contributed by atoms with E-state index in [9.17, 15) is 39.0 Å². The van der Waals surface area contributed by atoms with Crippen molar-refractivity contribution in [2.75, 3.05) is 13.7 Å². The van der Waals surface area contributed by atoms with Gasteiger partial charge in [-0.2, -0.15) is 0 Å². The highest BCUT2D eigenvalue weighted by Crippen LogP contribution is 2.27. The predicted octanol–water partition coefficient (Wildman–Crippen LogP) is 5.23. The van der Waals surface area contributed by atoms with E-state index >= 15 is 0 Å². The summed E-state index contributed by atoms with van der Waals surface area (Å²) in [4.78, 5) is 75.2. The van der Waals surface area contributed by atoms with Crippen molar-refractivity contribution in [2.24, 2.45) is 5.92 Å². The van der Waals surface area contributed by atoms with E-state index in [-0.39, 0.29) is 24.6 Å². The van der Waals surface area contributed by atoms with Crippen LogP contribution in [0.3, 0.4) is 0 Å². The minimum Gasteiger partial charge on any atom is -0.481 e. The van der Waals surface area contributed by atoms with E-state index in [0.717, 1.165) is 58.3 Å². The Bertz CT molecular complexity index is 1630. The van der Waals surface area contributed by atoms with Crippen LogP contribution in [0.1, 0.15) is 109 Å². The molecule has 0 radical (unpaired) electrons. The fourth-order valence-electron chi connectivity index (χ4n) is 5.50. The number of carboxylic acids is 1. The summed E-state index contributed by atoms with van der Waals surface area (Å²) in [6.45, 7) is 3.42. The first-order chi connectivity index (χ1) is 25.9. The predicted molar refractivity (Wildman–Crippen MR) is 196 cm³/mol. The number of ketones is 1. The number of hydrogen-bond donors (Lipinski definition) is 3. The summed E-state index contributed by atoms with van der Waals surface area (Å²) in [5.74, 6) is -1.80. The maximum atomic E-state index is 13.8. The average molecular weight is 756 g/mol. The van der Waals surface area contributed by atoms with E-state index in [1.54, 1.807) is 31.2 Å². The molecule has 2 rings (SSSR count). The molecule has 0 bridgehead atoms. The number of hydrogen-bond acceptors (Lipinski definition) is 12. The van der Waals surface area contributed by atoms with Crippen LogP contribution in [0.2, 0.25) is 0 Å². The zero-order valence-electron chi connectivity index (χ0n) is 31.4. The minimum absolute atomic E-state index is 0.0608. The van der Waals surface area contributed by atoms with Crippen molar-refractivity contribution in [2.45, 2.75) is 122 Å². The summed E-state index contributed by atoms with van der Waals surface area (Å²) >= 11 is 0. The van der Waals surface area contributed by atoms with Crippen LogP contribution < -0.4 is 15.9 Å². The van der Waals surface area contributed by atoms with Crippen molar-refractivity contribution >= 4 is 29.6 Å². The van der Waals surface area contributed by atoms with E-state index in [1.165, 1.54) is 18.6 Å². The van der Waals surface area contributed by atoms with Crippen molar-refractivity contribution in [3.05, 3.63) is 64.6 Å². The molecule has 0 aliphatic carbocycles. The van der Waals surface area contributed by atoms with Crippen LogP contribution >= 0.6 is 0 Å². The Hall–Kier alpha value is -5.16. The number of carboxylic acid groups (broad SMARTS) is 1. The Morgan fingerprint density at radius 1 is 0.981 bits per heavy atom. The molecule has 296 valence electrons. The number of ether oxygens (including phenoxy) is 3. The first-order valence-corrected chi connectivity index (χ1v) is 18.3. The van der Waals surface area contributed by atoms with Crippen LogP contribution in [0.5, 0.6) is 5.75 Å². The Balaban J connectivity index is 2.15. The third kappa shape index (κ3) is 16.7. The molecule has 2 aromatic rings. The van der Waals surface area contributed by atoms with Crippen molar-refractivity contribution in [3.63, 3.8) is 0 Å². The molecule has 54 heavy (non-hydrogen) atoms. The molecule has 1 aromatic heterocycles. The van der Waals surface area contributed by atoms with Crippen molar-refractivity contribution in [1.29, 1.82) is 0 Å². The molecule has 0 aliphatic rings. The van der Waals surface area contributed by atoms with Gasteiger partial charge in [0.25, 0.3) is 0 Å². The van der Waals surface area contributed by atoms with Crippen molar-refractivity contribution < 1.29 is 57.2 Å². The molecule has 0 unspecified atom stereocenters. The number of nitrogens with one attached hydrogen (secondary N) is 1. The molecule has 0 fully saturated rings. The molecule has 3 N–H and O–H groups in total. The smallest absolute Gasteiger partial charge is 0.481 e. The van der Waals surface area contributed by atoms with E-state index in [0.29, 0.717) is 37.0 Å². The maximum Gasteiger partial charge on any atom is 0.518 e. The Labute approximate surface area is 315 Å². The SMILES string of the molecule is CC#CCOc1ccc(C[C@H](NC(=O)[C@@H](C=CCCCCCCC(=O)CCCCCCC)[C@@](O)(CC(=O)OCc2coc(=O)o2)C(=O)O)C(=O)OC)cc1. The summed E-state index contributed by atoms with van der Waals surface area (Å²) in [6.07, 6.45) is 12.3. The number of aliphatic carboxylic acids is 1. The molecule has 0 saturated carbocycles. The lowest BCUT2D eigenvalue weighted by Gasteiger charge is -2.30. The topological polar surface area (TPSA) is 209 Å². The zero-order chi connectivity index (χ0) is 39.8. The largest absolute Gasteiger partial charge is 0.518 e. The Kier molecular flexibility index (Phi) is 20.8. The third-order valence-electron chi connectivity index (χ3n) is 8.57. The van der Waals surface area contributed by atoms with Gasteiger partial charge in [0.1, 0.15) is 30.4 Å². The second kappa shape index (κ2) is 25.0. The molecule has 14 nitrogen and oxygen atoms in total. The number of allylic oxidation sites excluding steroid dienone is 1. The normalized spacial score (nSPS) is 13.2. The van der Waals surface area contributed by atoms with Crippen LogP contribution in [0.25, 0.3) is 0 Å². The van der Waals surface area contributed by atoms with Gasteiger partial charge >= 0.3 is 23.7 Å². The lowest BCUT2D eigenvalue weighted by Crippen LogP contribution is -2.55. The van der Waals surface area contributed by atoms with Gasteiger partial charge in [0, 0.05) is 19.3 Å². The lowest BCUT2D eigenvalue weighted by atomic mass is 9.82. The quantitative estimate of drug-likeness (QED) is 0.0463. The number of carbonyl (C=O) groups excluding carboxylic acids is 4. The van der Waals surface area contributed by atoms with Crippen LogP contribution in [-0.2, 0) is 46.5 Å². The van der Waals surface area contributed by atoms with E-state index in [2.05, 4.69) is 32.9 Å². The van der Waals surface area contributed by atoms with Crippen molar-refractivity contribution in [3.8, 4) is 17.6 Å². The van der Waals surface area contributed by atoms with Gasteiger partial charge in [-0.05, 0) is 50.3 Å². The number of rotatable bonds is 27. The first-order valence-electron chi connectivity index (χ1n) is 18.3. The number of methoxy groups -OCH3 is 1. The number of Topliss-reactive ketones (excluding diaryl/α,β-unsaturated/α-hetero) is 1. The molecular formula is C40H53NO13. The number of unbranched alkanes of at least 4 members (excludes halogenated alkanes) is 8. The molecule has 1 amide bonds. The van der Waals surface area contributed by atoms with Crippen LogP contribution in [0.4, 0.5) is 0 Å². The van der Waals surface area contributed by atoms with Gasteiger partial charge < -0.3 is 38.6 Å². The van der Waals surface area contributed by atoms with Gasteiger partial charge in [0.05, 0.1) is 19.4 Å². The third-order valence-corrected chi connectivity index (χ3v) is 8.57. The fourth-order valence-corrected chi connectivity index (χ4v) is 5.50. The summed E-state index contributed by atoms with van der Waals surface area (Å²) in [7, 11) is 1.13. The lowest BCUT2D eigenvalue weighted by molar-refractivity contribution is -0.174. The highest BCUT2D eigenvalue weighted by Gasteiger charge is 2.49. The molecule has 3 atom stereocenters. The van der Waals surface area contributed by atoms with Gasteiger partial charge in [0.15, 0.2) is 18.0 Å². The van der Waals surface area contributed by atoms with Crippen LogP contribution in [0, 0.1) is 17.8 Å². The number of amides is 1. The first kappa shape index (κ1) is 45.0. The van der Waals surface area contributed by atoms with Gasteiger partial charge in [-0.25, -0.2) is 14.4 Å². The van der Waals surface area contributed by atoms with Gasteiger partial charge in [-0.15, -0.1) is 5.92 Å². The summed E-state index contributed by atoms with van der Waals surface area (Å²) < 4.78 is 24.5. The van der Waals surface area contributed by atoms with E-state index < -0.39 is 60.2 Å². The van der Waals surface area contributed by atoms with E-state index in [1.807, 2.05) is 0 Å². The molecule has 0 spiro atoms. The highest BCUT2D eigenvalue weighted by molar-refractivity contribution is 5.95. The van der Waals surface area contributed by atoms with Crippen LogP contribution in [0.15, 0.2) is 56.3 Å². The monoisotopic (exact) mass is 755 g/mol. The standard InChI is InChI=1S/C40H53NO13/c1-4-6-8-11-14-17-30(42)18-15-12-9-10-13-16-19-33(40(49,38(46)47)26-35(43)52-27-32-28-53-39(48)54-32)36(44)41-34(37(45)50-3)25-29-20-22-31(23-21-29)51-24-7-5-2/h16,19-23,28,33-34,49H,4,6,8-15,17-18,24-27H2,1-3H3,(H,41,44)(H,46,47)/t33-,34+,40+/m1/s1. The number of carbonyl (C=O) groups is 5. The van der Waals surface area contributed by atoms with Gasteiger partial charge in [-0.3, -0.25) is 14.4 Å². The molecule has 1 aromatic carbocycles. The number of benzene rings is 1. The summed E-state index contributed by atoms with van der Waals surface area (Å²) in [6, 6.07) is 5.36. The van der Waals surface area contributed by atoms with Gasteiger partial charge in [0.2, 0.25) is 5.91 Å². The average Bonchev–Trinajstić information content (AvgIpc) is 3.57. The second-order valence-corrected chi connectivity index (χ2v) is 12.8. The molecule has 0 saturated heterocycles. The summed E-state index contributed by atoms with van der Waals surface area (Å²) in [5, 5.41) is 24.1. The van der Waals surface area contributed by atoms with Crippen LogP contribution in [-0.4, -0.2) is 65.2 Å². The molecule has 1 heterocycles. The van der Waals surface area contributed by atoms with E-state index in [4.69, 9.17) is 14.2 Å². The minimum atomic E-state index is -3.02. The highest BCUT2D eigenvalue weighted by atomic mass is 16.6. The van der Waals surface area contributed by atoms with Gasteiger partial charge in [-0.1, -0.05) is 75.7 Å². The van der Waals surface area contributed by atoms with Crippen molar-refractivity contribution in [1.82, 2.24) is 5.32 Å². The zero-order valence-corrected chi connectivity index (χ0v) is 31.4. The summed E-state index contributed by atoms with van der Waals surface area (Å²) in [5.41, 5.74) is -2.42. The number of aliphatic hydroxyl groups is 1. The molecule has 14 heteroatoms. The molecular weight excluding hydrogens is 702 g/mol. The second-order valence-electron chi connectivity index (χ2n) is 12.8. The Morgan fingerprint density at radius 3 is 2.24 bits per heavy atom. The molecule has 0 aliphatic heterocycles. The Morgan fingerprint density at radius 2 is 1.65 bits per heavy atom. The fraction of sp³-hybridized carbons (Fsp3) is 0.550.